The van der Waals surface area contributed by atoms with Crippen LogP contribution in [-0.2, 0) is 0 Å². The lowest BCUT2D eigenvalue weighted by Crippen LogP contribution is -2.54. The van der Waals surface area contributed by atoms with Crippen LogP contribution in [0.25, 0.3) is 22.0 Å². The molecule has 2 N–H and O–H groups in total. The molecule has 0 spiro atoms. The van der Waals surface area contributed by atoms with Crippen molar-refractivity contribution in [2.75, 3.05) is 16.8 Å². The highest BCUT2D eigenvalue weighted by Gasteiger charge is 2.40. The summed E-state index contributed by atoms with van der Waals surface area (Å²) in [4.78, 5) is 10.2. The van der Waals surface area contributed by atoms with Gasteiger partial charge < -0.3 is 10.3 Å². The Hall–Kier alpha value is -3.08. The van der Waals surface area contributed by atoms with Gasteiger partial charge in [0.25, 0.3) is 0 Å². The number of benzene rings is 2. The van der Waals surface area contributed by atoms with Gasteiger partial charge in [-0.3, -0.25) is 9.89 Å². The van der Waals surface area contributed by atoms with Crippen LogP contribution in [0, 0.1) is 12.7 Å². The molecule has 5 heteroatoms. The molecule has 0 aliphatic carbocycles. The third-order valence-corrected chi connectivity index (χ3v) is 5.78. The van der Waals surface area contributed by atoms with Crippen molar-refractivity contribution in [2.24, 2.45) is 4.99 Å². The minimum atomic E-state index is -0.371. The topological polar surface area (TPSA) is 43.4 Å². The van der Waals surface area contributed by atoms with Crippen molar-refractivity contribution >= 4 is 28.1 Å². The fourth-order valence-electron chi connectivity index (χ4n) is 4.53. The number of halogens is 1. The van der Waals surface area contributed by atoms with E-state index < -0.39 is 0 Å². The van der Waals surface area contributed by atoms with Crippen LogP contribution in [0.3, 0.4) is 0 Å². The van der Waals surface area contributed by atoms with Gasteiger partial charge in [-0.2, -0.15) is 0 Å². The monoisotopic (exact) mass is 374 g/mol. The first-order valence-corrected chi connectivity index (χ1v) is 9.58. The van der Waals surface area contributed by atoms with Crippen LogP contribution in [0.1, 0.15) is 26.3 Å². The summed E-state index contributed by atoms with van der Waals surface area (Å²) >= 11 is 0. The Balaban J connectivity index is 1.82. The van der Waals surface area contributed by atoms with Crippen LogP contribution >= 0.6 is 0 Å². The predicted molar refractivity (Wildman–Crippen MR) is 115 cm³/mol. The Morgan fingerprint density at radius 3 is 2.82 bits per heavy atom. The smallest absolute Gasteiger partial charge is 0.134 e. The molecular formula is C23H23FN4. The number of nitrogens with one attached hydrogen (secondary N) is 2. The first-order chi connectivity index (χ1) is 13.4. The summed E-state index contributed by atoms with van der Waals surface area (Å²) in [5.41, 5.74) is 6.00. The van der Waals surface area contributed by atoms with Crippen molar-refractivity contribution in [2.45, 2.75) is 33.2 Å². The zero-order valence-corrected chi connectivity index (χ0v) is 16.5. The van der Waals surface area contributed by atoms with Crippen molar-refractivity contribution in [3.63, 3.8) is 0 Å². The number of hydrogen-bond donors (Lipinski definition) is 2. The van der Waals surface area contributed by atoms with E-state index in [0.717, 1.165) is 44.9 Å². The fraction of sp³-hybridized carbons (Fsp3) is 0.261. The van der Waals surface area contributed by atoms with E-state index in [4.69, 9.17) is 4.99 Å². The molecule has 2 aromatic carbocycles. The molecule has 2 aliphatic rings. The summed E-state index contributed by atoms with van der Waals surface area (Å²) in [5.74, 6) is 0.757. The Bertz CT molecular complexity index is 1180. The number of amidine groups is 1. The summed E-state index contributed by atoms with van der Waals surface area (Å²) < 4.78 is 15.4. The van der Waals surface area contributed by atoms with Gasteiger partial charge in [0.15, 0.2) is 0 Å². The number of allylic oxidation sites excluding steroid dienone is 1. The van der Waals surface area contributed by atoms with Gasteiger partial charge in [0.2, 0.25) is 0 Å². The standard InChI is InChI=1S/C23H23FN4/c1-13-8-10-26-22-23(3,4)27-19-12-17(24)20(14(2)21(19)28(13)22)16-6-5-7-18-15(16)9-11-25-18/h5-9,11-12,25,27H,10H2,1-4H3. The van der Waals surface area contributed by atoms with E-state index in [0.29, 0.717) is 12.1 Å². The van der Waals surface area contributed by atoms with Crippen LogP contribution in [0.5, 0.6) is 0 Å². The number of aliphatic imine (C=N–C) groups is 1. The highest BCUT2D eigenvalue weighted by Crippen LogP contribution is 2.46. The molecule has 0 bridgehead atoms. The third kappa shape index (κ3) is 2.25. The fourth-order valence-corrected chi connectivity index (χ4v) is 4.53. The Morgan fingerprint density at radius 1 is 1.18 bits per heavy atom. The molecule has 4 nitrogen and oxygen atoms in total. The number of H-pyrrole nitrogens is 1. The van der Waals surface area contributed by atoms with Crippen molar-refractivity contribution in [1.82, 2.24) is 4.98 Å². The van der Waals surface area contributed by atoms with E-state index in [2.05, 4.69) is 42.0 Å². The molecule has 1 aromatic heterocycles. The molecule has 0 fully saturated rings. The molecule has 142 valence electrons. The van der Waals surface area contributed by atoms with Gasteiger partial charge >= 0.3 is 0 Å². The molecule has 0 unspecified atom stereocenters. The Morgan fingerprint density at radius 2 is 2.00 bits per heavy atom. The summed E-state index contributed by atoms with van der Waals surface area (Å²) in [7, 11) is 0. The Labute approximate surface area is 163 Å². The molecule has 5 rings (SSSR count). The summed E-state index contributed by atoms with van der Waals surface area (Å²) in [5, 5.41) is 4.52. The molecule has 0 amide bonds. The number of rotatable bonds is 1. The molecule has 28 heavy (non-hydrogen) atoms. The van der Waals surface area contributed by atoms with Gasteiger partial charge in [-0.05, 0) is 63.1 Å². The molecule has 0 saturated heterocycles. The lowest BCUT2D eigenvalue weighted by molar-refractivity contribution is 0.628. The second-order valence-electron chi connectivity index (χ2n) is 8.09. The quantitative estimate of drug-likeness (QED) is 0.581. The van der Waals surface area contributed by atoms with E-state index in [9.17, 15) is 0 Å². The zero-order chi connectivity index (χ0) is 19.6. The maximum atomic E-state index is 15.4. The van der Waals surface area contributed by atoms with Crippen LogP contribution < -0.4 is 10.2 Å². The minimum Gasteiger partial charge on any atom is -0.371 e. The van der Waals surface area contributed by atoms with Gasteiger partial charge in [0.1, 0.15) is 11.7 Å². The maximum Gasteiger partial charge on any atom is 0.134 e. The summed E-state index contributed by atoms with van der Waals surface area (Å²) in [6.45, 7) is 8.94. The number of nitrogens with zero attached hydrogens (tertiary/aromatic N) is 2. The number of aromatic amines is 1. The normalized spacial score (nSPS) is 17.5. The van der Waals surface area contributed by atoms with Crippen molar-refractivity contribution in [3.05, 3.63) is 59.7 Å². The van der Waals surface area contributed by atoms with Crippen molar-refractivity contribution in [3.8, 4) is 11.1 Å². The van der Waals surface area contributed by atoms with Crippen LogP contribution in [0.2, 0.25) is 0 Å². The van der Waals surface area contributed by atoms with E-state index in [1.807, 2.05) is 37.4 Å². The van der Waals surface area contributed by atoms with Crippen LogP contribution in [0.15, 0.2) is 53.3 Å². The van der Waals surface area contributed by atoms with E-state index >= 15 is 4.39 Å². The first-order valence-electron chi connectivity index (χ1n) is 9.58. The van der Waals surface area contributed by atoms with Gasteiger partial charge in [-0.15, -0.1) is 0 Å². The molecule has 2 aliphatic heterocycles. The van der Waals surface area contributed by atoms with Crippen LogP contribution in [0.4, 0.5) is 15.8 Å². The van der Waals surface area contributed by atoms with Crippen LogP contribution in [-0.4, -0.2) is 22.9 Å². The molecular weight excluding hydrogens is 351 g/mol. The zero-order valence-electron chi connectivity index (χ0n) is 16.5. The highest BCUT2D eigenvalue weighted by molar-refractivity contribution is 6.14. The largest absolute Gasteiger partial charge is 0.371 e. The number of hydrogen-bond acceptors (Lipinski definition) is 3. The Kier molecular flexibility index (Phi) is 3.48. The van der Waals surface area contributed by atoms with Gasteiger partial charge in [-0.1, -0.05) is 12.1 Å². The number of aromatic nitrogens is 1. The third-order valence-electron chi connectivity index (χ3n) is 5.78. The SMILES string of the molecule is CC1=CCN=C2N1c1c(cc(F)c(-c3cccc4[nH]ccc34)c1C)NC2(C)C. The lowest BCUT2D eigenvalue weighted by atomic mass is 9.89. The second kappa shape index (κ2) is 5.71. The molecule has 0 atom stereocenters. The molecule has 3 aromatic rings. The van der Waals surface area contributed by atoms with Crippen molar-refractivity contribution < 1.29 is 4.39 Å². The maximum absolute atomic E-state index is 15.4. The minimum absolute atomic E-state index is 0.215. The van der Waals surface area contributed by atoms with E-state index in [1.54, 1.807) is 6.07 Å². The predicted octanol–water partition coefficient (Wildman–Crippen LogP) is 5.61. The van der Waals surface area contributed by atoms with E-state index in [1.165, 1.54) is 0 Å². The van der Waals surface area contributed by atoms with Gasteiger partial charge in [-0.25, -0.2) is 4.39 Å². The average Bonchev–Trinajstić information content (AvgIpc) is 3.11. The molecule has 0 saturated carbocycles. The van der Waals surface area contributed by atoms with E-state index in [-0.39, 0.29) is 11.4 Å². The van der Waals surface area contributed by atoms with Crippen molar-refractivity contribution in [1.29, 1.82) is 0 Å². The van der Waals surface area contributed by atoms with Gasteiger partial charge in [0.05, 0.1) is 23.5 Å². The molecule has 0 radical (unpaired) electrons. The average molecular weight is 374 g/mol. The number of fused-ring (bicyclic) bond motifs is 4. The first kappa shape index (κ1) is 17.0. The lowest BCUT2D eigenvalue weighted by Gasteiger charge is -2.45. The molecule has 3 heterocycles. The summed E-state index contributed by atoms with van der Waals surface area (Å²) in [6.07, 6.45) is 4.01. The van der Waals surface area contributed by atoms with Gasteiger partial charge in [0, 0.05) is 28.4 Å². The second-order valence-corrected chi connectivity index (χ2v) is 8.09. The number of anilines is 2. The highest BCUT2D eigenvalue weighted by atomic mass is 19.1. The summed E-state index contributed by atoms with van der Waals surface area (Å²) in [6, 6.07) is 9.60.